The zero-order valence-electron chi connectivity index (χ0n) is 7.78. The van der Waals surface area contributed by atoms with Gasteiger partial charge in [-0.15, -0.1) is 13.2 Å². The van der Waals surface area contributed by atoms with Gasteiger partial charge in [0.05, 0.1) is 10.6 Å². The van der Waals surface area contributed by atoms with Gasteiger partial charge < -0.3 is 4.74 Å². The number of hydrogen-bond acceptors (Lipinski definition) is 2. The Morgan fingerprint density at radius 2 is 1.94 bits per heavy atom. The van der Waals surface area contributed by atoms with E-state index in [9.17, 15) is 22.0 Å². The second kappa shape index (κ2) is 4.40. The monoisotopic (exact) mass is 261 g/mol. The number of nitrogens with zero attached hydrogens (tertiary/aromatic N) is 1. The van der Waals surface area contributed by atoms with Crippen LogP contribution in [0.15, 0.2) is 6.20 Å². The molecule has 0 radical (unpaired) electrons. The Hall–Kier alpha value is -1.11. The summed E-state index contributed by atoms with van der Waals surface area (Å²) >= 11 is 5.45. The van der Waals surface area contributed by atoms with Crippen LogP contribution in [-0.2, 0) is 0 Å². The molecule has 1 rings (SSSR count). The first-order valence-corrected chi connectivity index (χ1v) is 4.29. The maximum atomic E-state index is 12.3. The SMILES string of the molecule is Cc1c(OC(F)(F)F)ncc(C(F)F)c1Cl. The van der Waals surface area contributed by atoms with E-state index < -0.39 is 29.3 Å². The summed E-state index contributed by atoms with van der Waals surface area (Å²) in [4.78, 5) is 3.14. The molecule has 8 heteroatoms. The van der Waals surface area contributed by atoms with Crippen molar-refractivity contribution in [2.45, 2.75) is 19.7 Å². The van der Waals surface area contributed by atoms with E-state index in [0.29, 0.717) is 6.20 Å². The first-order valence-electron chi connectivity index (χ1n) is 3.91. The molecule has 0 saturated carbocycles. The summed E-state index contributed by atoms with van der Waals surface area (Å²) in [5.41, 5.74) is -0.912. The van der Waals surface area contributed by atoms with Gasteiger partial charge in [0, 0.05) is 11.8 Å². The van der Waals surface area contributed by atoms with Gasteiger partial charge in [0.2, 0.25) is 5.88 Å². The summed E-state index contributed by atoms with van der Waals surface area (Å²) in [5.74, 6) is -0.832. The van der Waals surface area contributed by atoms with Gasteiger partial charge in [-0.05, 0) is 6.92 Å². The molecule has 1 aromatic rings. The van der Waals surface area contributed by atoms with Crippen LogP contribution in [0.2, 0.25) is 5.02 Å². The fourth-order valence-corrected chi connectivity index (χ4v) is 1.17. The molecule has 0 aliphatic heterocycles. The van der Waals surface area contributed by atoms with Gasteiger partial charge in [-0.25, -0.2) is 13.8 Å². The van der Waals surface area contributed by atoms with Crippen molar-refractivity contribution in [1.29, 1.82) is 0 Å². The van der Waals surface area contributed by atoms with E-state index in [1.54, 1.807) is 0 Å². The maximum Gasteiger partial charge on any atom is 0.574 e. The van der Waals surface area contributed by atoms with Gasteiger partial charge in [0.25, 0.3) is 6.43 Å². The van der Waals surface area contributed by atoms with E-state index in [1.807, 2.05) is 0 Å². The van der Waals surface area contributed by atoms with Gasteiger partial charge in [-0.3, -0.25) is 0 Å². The molecule has 1 aromatic heterocycles. The van der Waals surface area contributed by atoms with Crippen molar-refractivity contribution < 1.29 is 26.7 Å². The quantitative estimate of drug-likeness (QED) is 0.754. The molecule has 0 amide bonds. The van der Waals surface area contributed by atoms with Crippen molar-refractivity contribution in [1.82, 2.24) is 4.98 Å². The average molecular weight is 262 g/mol. The van der Waals surface area contributed by atoms with Crippen LogP contribution in [0.1, 0.15) is 17.6 Å². The van der Waals surface area contributed by atoms with Crippen LogP contribution < -0.4 is 4.74 Å². The van der Waals surface area contributed by atoms with E-state index >= 15 is 0 Å². The molecule has 1 heterocycles. The maximum absolute atomic E-state index is 12.3. The number of rotatable bonds is 2. The Morgan fingerprint density at radius 1 is 1.38 bits per heavy atom. The van der Waals surface area contributed by atoms with Crippen molar-refractivity contribution in [2.75, 3.05) is 0 Å². The molecule has 0 aromatic carbocycles. The predicted molar refractivity (Wildman–Crippen MR) is 45.6 cm³/mol. The molecule has 0 aliphatic carbocycles. The van der Waals surface area contributed by atoms with E-state index in [-0.39, 0.29) is 5.56 Å². The van der Waals surface area contributed by atoms with Crippen LogP contribution in [0.3, 0.4) is 0 Å². The summed E-state index contributed by atoms with van der Waals surface area (Å²) < 4.78 is 63.7. The van der Waals surface area contributed by atoms with Gasteiger partial charge >= 0.3 is 6.36 Å². The van der Waals surface area contributed by atoms with Crippen LogP contribution in [0.5, 0.6) is 5.88 Å². The van der Waals surface area contributed by atoms with E-state index in [0.717, 1.165) is 6.92 Å². The summed E-state index contributed by atoms with van der Waals surface area (Å²) in [6.07, 6.45) is -7.28. The van der Waals surface area contributed by atoms with Crippen molar-refractivity contribution in [3.05, 3.63) is 22.3 Å². The highest BCUT2D eigenvalue weighted by atomic mass is 35.5. The molecule has 0 bridgehead atoms. The highest BCUT2D eigenvalue weighted by molar-refractivity contribution is 6.32. The van der Waals surface area contributed by atoms with E-state index in [2.05, 4.69) is 9.72 Å². The molecule has 2 nitrogen and oxygen atoms in total. The molecule has 0 saturated heterocycles. The number of halogens is 6. The van der Waals surface area contributed by atoms with Crippen LogP contribution in [0.4, 0.5) is 22.0 Å². The fourth-order valence-electron chi connectivity index (χ4n) is 0.957. The lowest BCUT2D eigenvalue weighted by Crippen LogP contribution is -2.19. The van der Waals surface area contributed by atoms with Crippen molar-refractivity contribution >= 4 is 11.6 Å². The minimum Gasteiger partial charge on any atom is -0.388 e. The minimum atomic E-state index is -4.94. The van der Waals surface area contributed by atoms with Gasteiger partial charge in [0.1, 0.15) is 0 Å². The number of alkyl halides is 5. The average Bonchev–Trinajstić information content (AvgIpc) is 2.10. The van der Waals surface area contributed by atoms with Crippen molar-refractivity contribution in [3.8, 4) is 5.88 Å². The molecule has 0 N–H and O–H groups in total. The molecule has 0 aliphatic rings. The highest BCUT2D eigenvalue weighted by Crippen LogP contribution is 2.34. The smallest absolute Gasteiger partial charge is 0.388 e. The Morgan fingerprint density at radius 3 is 2.38 bits per heavy atom. The third kappa shape index (κ3) is 2.94. The zero-order chi connectivity index (χ0) is 12.5. The first-order chi connectivity index (χ1) is 7.22. The summed E-state index contributed by atoms with van der Waals surface area (Å²) in [6, 6.07) is 0. The molecule has 0 unspecified atom stereocenters. The largest absolute Gasteiger partial charge is 0.574 e. The van der Waals surface area contributed by atoms with Crippen molar-refractivity contribution in [3.63, 3.8) is 0 Å². The third-order valence-corrected chi connectivity index (χ3v) is 2.17. The Bertz CT molecular complexity index is 393. The molecule has 16 heavy (non-hydrogen) atoms. The minimum absolute atomic E-state index is 0.281. The second-order valence-corrected chi connectivity index (χ2v) is 3.18. The standard InChI is InChI=1S/C8H5ClF5NO/c1-3-5(9)4(6(10)11)2-15-7(3)16-8(12,13)14/h2,6H,1H3. The normalized spacial score (nSPS) is 12.0. The van der Waals surface area contributed by atoms with E-state index in [1.165, 1.54) is 0 Å². The van der Waals surface area contributed by atoms with Crippen LogP contribution in [0, 0.1) is 6.92 Å². The predicted octanol–water partition coefficient (Wildman–Crippen LogP) is 3.88. The third-order valence-electron chi connectivity index (χ3n) is 1.67. The zero-order valence-corrected chi connectivity index (χ0v) is 8.53. The van der Waals surface area contributed by atoms with Gasteiger partial charge in [-0.1, -0.05) is 11.6 Å². The fraction of sp³-hybridized carbons (Fsp3) is 0.375. The molecular weight excluding hydrogens is 257 g/mol. The van der Waals surface area contributed by atoms with Gasteiger partial charge in [0.15, 0.2) is 0 Å². The molecule has 0 spiro atoms. The Balaban J connectivity index is 3.12. The second-order valence-electron chi connectivity index (χ2n) is 2.81. The van der Waals surface area contributed by atoms with E-state index in [4.69, 9.17) is 11.6 Å². The van der Waals surface area contributed by atoms with Crippen LogP contribution >= 0.6 is 11.6 Å². The van der Waals surface area contributed by atoms with Gasteiger partial charge in [-0.2, -0.15) is 0 Å². The lowest BCUT2D eigenvalue weighted by Gasteiger charge is -2.12. The number of hydrogen-bond donors (Lipinski definition) is 0. The number of pyridine rings is 1. The Kier molecular flexibility index (Phi) is 3.57. The molecule has 0 atom stereocenters. The van der Waals surface area contributed by atoms with Crippen LogP contribution in [-0.4, -0.2) is 11.3 Å². The summed E-state index contributed by atoms with van der Waals surface area (Å²) in [5, 5.41) is -0.482. The molecule has 90 valence electrons. The topological polar surface area (TPSA) is 22.1 Å². The van der Waals surface area contributed by atoms with Crippen molar-refractivity contribution in [2.24, 2.45) is 0 Å². The molecule has 0 fully saturated rings. The Labute approximate surface area is 92.0 Å². The molecular formula is C8H5ClF5NO. The highest BCUT2D eigenvalue weighted by Gasteiger charge is 2.33. The number of aromatic nitrogens is 1. The lowest BCUT2D eigenvalue weighted by atomic mass is 10.2. The summed E-state index contributed by atoms with van der Waals surface area (Å²) in [7, 11) is 0. The lowest BCUT2D eigenvalue weighted by molar-refractivity contribution is -0.276. The first kappa shape index (κ1) is 13.0. The summed E-state index contributed by atoms with van der Waals surface area (Å²) in [6.45, 7) is 1.11. The number of ether oxygens (including phenoxy) is 1. The van der Waals surface area contributed by atoms with Crippen LogP contribution in [0.25, 0.3) is 0 Å².